The number of rotatable bonds is 8. The zero-order valence-corrected chi connectivity index (χ0v) is 28.6. The summed E-state index contributed by atoms with van der Waals surface area (Å²) in [5.74, 6) is 1.23. The molecule has 2 aromatic carbocycles. The number of nitrogens with zero attached hydrogens (tertiary/aromatic N) is 7. The highest BCUT2D eigenvalue weighted by Gasteiger charge is 2.45. The first-order chi connectivity index (χ1) is 24.0. The van der Waals surface area contributed by atoms with Gasteiger partial charge in [0.05, 0.1) is 34.2 Å². The minimum Gasteiger partial charge on any atom is -0.461 e. The van der Waals surface area contributed by atoms with Crippen LogP contribution >= 0.6 is 0 Å². The van der Waals surface area contributed by atoms with E-state index in [-0.39, 0.29) is 62.2 Å². The molecule has 256 valence electrons. The third-order valence-corrected chi connectivity index (χ3v) is 11.1. The van der Waals surface area contributed by atoms with Crippen molar-refractivity contribution in [2.45, 2.75) is 57.5 Å². The molecule has 3 aliphatic rings. The van der Waals surface area contributed by atoms with E-state index in [0.29, 0.717) is 36.3 Å². The van der Waals surface area contributed by atoms with E-state index in [1.54, 1.807) is 6.07 Å². The van der Waals surface area contributed by atoms with Gasteiger partial charge >= 0.3 is 6.01 Å². The van der Waals surface area contributed by atoms with Gasteiger partial charge in [-0.1, -0.05) is 32.4 Å². The van der Waals surface area contributed by atoms with E-state index in [1.165, 1.54) is 30.5 Å². The minimum atomic E-state index is -0.779. The fourth-order valence-electron chi connectivity index (χ4n) is 8.28. The van der Waals surface area contributed by atoms with Gasteiger partial charge in [0.25, 0.3) is 0 Å². The zero-order valence-electron chi connectivity index (χ0n) is 28.6. The van der Waals surface area contributed by atoms with Gasteiger partial charge in [-0.25, -0.2) is 8.78 Å². The zero-order chi connectivity index (χ0) is 35.4. The van der Waals surface area contributed by atoms with Gasteiger partial charge in [-0.05, 0) is 80.3 Å². The number of fused-ring (bicyclic) bond motifs is 3. The van der Waals surface area contributed by atoms with Crippen molar-refractivity contribution < 1.29 is 18.3 Å². The van der Waals surface area contributed by atoms with E-state index < -0.39 is 11.6 Å². The number of benzene rings is 2. The topological polar surface area (TPSA) is 98.5 Å². The van der Waals surface area contributed by atoms with E-state index in [2.05, 4.69) is 47.3 Å². The van der Waals surface area contributed by atoms with Crippen molar-refractivity contribution in [1.29, 1.82) is 5.26 Å². The van der Waals surface area contributed by atoms with Crippen molar-refractivity contribution in [3.05, 3.63) is 65.9 Å². The number of terminal acetylenes is 1. The number of nitriles is 1. The summed E-state index contributed by atoms with van der Waals surface area (Å²) in [6.07, 6.45) is 13.6. The number of likely N-dealkylation sites (N-methyl/N-ethyl adjacent to an activating group) is 1. The highest BCUT2D eigenvalue weighted by atomic mass is 19.1. The second-order valence-electron chi connectivity index (χ2n) is 14.4. The maximum absolute atomic E-state index is 17.0. The minimum absolute atomic E-state index is 0.0271. The predicted octanol–water partition coefficient (Wildman–Crippen LogP) is 6.23. The fraction of sp³-hybridized carbons (Fsp3) is 0.410. The number of likely N-dealkylation sites (tertiary alicyclic amines) is 1. The van der Waals surface area contributed by atoms with Crippen LogP contribution in [0, 0.1) is 40.7 Å². The molecular weight excluding hydrogens is 636 g/mol. The van der Waals surface area contributed by atoms with Crippen molar-refractivity contribution in [3.8, 4) is 35.7 Å². The Balaban J connectivity index is 1.38. The summed E-state index contributed by atoms with van der Waals surface area (Å²) < 4.78 is 38.4. The number of hydrogen-bond acceptors (Lipinski definition) is 8. The molecule has 0 aliphatic carbocycles. The van der Waals surface area contributed by atoms with Crippen LogP contribution in [0.5, 0.6) is 6.01 Å². The van der Waals surface area contributed by atoms with Gasteiger partial charge in [0.2, 0.25) is 5.91 Å². The number of carbonyl (C=O) groups is 1. The number of pyridine rings is 1. The Morgan fingerprint density at radius 3 is 2.64 bits per heavy atom. The number of hydrogen-bond donors (Lipinski definition) is 0. The Morgan fingerprint density at radius 1 is 1.18 bits per heavy atom. The van der Waals surface area contributed by atoms with Gasteiger partial charge in [-0.2, -0.15) is 15.2 Å². The van der Waals surface area contributed by atoms with Crippen LogP contribution < -0.4 is 9.64 Å². The first kappa shape index (κ1) is 33.4. The second kappa shape index (κ2) is 12.6. The molecule has 4 aromatic rings. The molecule has 0 spiro atoms. The Kier molecular flexibility index (Phi) is 8.44. The highest BCUT2D eigenvalue weighted by Crippen LogP contribution is 2.41. The van der Waals surface area contributed by atoms with Gasteiger partial charge in [0.15, 0.2) is 5.82 Å². The number of carbonyl (C=O) groups excluding carboxylic acids is 1. The molecule has 3 saturated heterocycles. The molecule has 9 nitrogen and oxygen atoms in total. The SMILES string of the molecule is C#Cc1c(F)ccc2cc(C#N)cc(-c3ncc4c(N(C)C[C@H]5N(C(=O)C=C)CCC5(C)C)nc(OCC56CCCN5CCC6)nc4c3F)c12. The van der Waals surface area contributed by atoms with Crippen LogP contribution in [0.2, 0.25) is 0 Å². The van der Waals surface area contributed by atoms with E-state index in [4.69, 9.17) is 16.1 Å². The normalized spacial score (nSPS) is 19.3. The van der Waals surface area contributed by atoms with E-state index >= 15 is 4.39 Å². The van der Waals surface area contributed by atoms with E-state index in [1.807, 2.05) is 16.8 Å². The summed E-state index contributed by atoms with van der Waals surface area (Å²) in [5.41, 5.74) is -0.0900. The molecule has 0 saturated carbocycles. The smallest absolute Gasteiger partial charge is 0.319 e. The van der Waals surface area contributed by atoms with Crippen molar-refractivity contribution in [1.82, 2.24) is 24.8 Å². The molecule has 1 amide bonds. The number of anilines is 1. The molecule has 3 fully saturated rings. The average molecular weight is 676 g/mol. The molecule has 50 heavy (non-hydrogen) atoms. The molecule has 5 heterocycles. The number of amides is 1. The predicted molar refractivity (Wildman–Crippen MR) is 188 cm³/mol. The summed E-state index contributed by atoms with van der Waals surface area (Å²) in [4.78, 5) is 33.0. The van der Waals surface area contributed by atoms with Gasteiger partial charge in [0, 0.05) is 37.3 Å². The summed E-state index contributed by atoms with van der Waals surface area (Å²) in [7, 11) is 1.85. The van der Waals surface area contributed by atoms with Crippen molar-refractivity contribution in [2.24, 2.45) is 5.41 Å². The number of aromatic nitrogens is 3. The Morgan fingerprint density at radius 2 is 1.94 bits per heavy atom. The molecule has 0 unspecified atom stereocenters. The standard InChI is InChI=1S/C39H39F2N7O2/c1-6-26-29(40)11-10-25-18-24(20-42)19-27(32(25)26)34-33(41)35-28(21-43-34)36(46(5)22-30-38(3,4)14-17-48(30)31(49)7-2)45-37(44-35)50-23-39-12-8-15-47(39)16-9-13-39/h1,7,10-11,18-19,21,30H,2,8-9,12-17,22-23H2,3-5H3/t30-/m1/s1. The lowest BCUT2D eigenvalue weighted by atomic mass is 9.84. The van der Waals surface area contributed by atoms with Crippen molar-refractivity contribution in [3.63, 3.8) is 0 Å². The van der Waals surface area contributed by atoms with Crippen LogP contribution in [-0.4, -0.2) is 82.1 Å². The van der Waals surface area contributed by atoms with Crippen LogP contribution in [0.4, 0.5) is 14.6 Å². The lowest BCUT2D eigenvalue weighted by Crippen LogP contribution is -2.47. The van der Waals surface area contributed by atoms with E-state index in [9.17, 15) is 14.4 Å². The molecule has 0 bridgehead atoms. The van der Waals surface area contributed by atoms with Crippen molar-refractivity contribution in [2.75, 3.05) is 44.7 Å². The summed E-state index contributed by atoms with van der Waals surface area (Å²) >= 11 is 0. The first-order valence-electron chi connectivity index (χ1n) is 17.0. The monoisotopic (exact) mass is 675 g/mol. The average Bonchev–Trinajstić information content (AvgIpc) is 3.79. The summed E-state index contributed by atoms with van der Waals surface area (Å²) in [6, 6.07) is 7.74. The summed E-state index contributed by atoms with van der Waals surface area (Å²) in [6.45, 7) is 11.4. The van der Waals surface area contributed by atoms with Crippen LogP contribution in [0.3, 0.4) is 0 Å². The molecule has 2 aromatic heterocycles. The van der Waals surface area contributed by atoms with Crippen LogP contribution in [0.1, 0.15) is 57.1 Å². The number of halogens is 2. The Bertz CT molecular complexity index is 2130. The molecule has 3 aliphatic heterocycles. The largest absolute Gasteiger partial charge is 0.461 e. The summed E-state index contributed by atoms with van der Waals surface area (Å²) in [5, 5.41) is 10.9. The molecule has 1 atom stereocenters. The number of ether oxygens (including phenoxy) is 1. The molecule has 0 N–H and O–H groups in total. The molecule has 7 rings (SSSR count). The molecule has 11 heteroatoms. The lowest BCUT2D eigenvalue weighted by molar-refractivity contribution is -0.127. The van der Waals surface area contributed by atoms with E-state index in [0.717, 1.165) is 45.2 Å². The Labute approximate surface area is 290 Å². The fourth-order valence-corrected chi connectivity index (χ4v) is 8.28. The van der Waals surface area contributed by atoms with Crippen molar-refractivity contribution >= 4 is 33.4 Å². The van der Waals surface area contributed by atoms with Crippen LogP contribution in [-0.2, 0) is 4.79 Å². The van der Waals surface area contributed by atoms with Gasteiger partial charge < -0.3 is 14.5 Å². The third-order valence-electron chi connectivity index (χ3n) is 11.1. The maximum atomic E-state index is 17.0. The van der Waals surface area contributed by atoms with Crippen LogP contribution in [0.25, 0.3) is 32.9 Å². The quantitative estimate of drug-likeness (QED) is 0.160. The lowest BCUT2D eigenvalue weighted by Gasteiger charge is -2.36. The first-order valence-corrected chi connectivity index (χ1v) is 17.0. The molecule has 0 radical (unpaired) electrons. The third kappa shape index (κ3) is 5.50. The van der Waals surface area contributed by atoms with Crippen LogP contribution in [0.15, 0.2) is 43.1 Å². The highest BCUT2D eigenvalue weighted by molar-refractivity contribution is 6.03. The second-order valence-corrected chi connectivity index (χ2v) is 14.4. The molecular formula is C39H39F2N7O2. The maximum Gasteiger partial charge on any atom is 0.319 e. The van der Waals surface area contributed by atoms with Gasteiger partial charge in [-0.15, -0.1) is 6.42 Å². The van der Waals surface area contributed by atoms with Gasteiger partial charge in [0.1, 0.15) is 29.5 Å². The Hall–Kier alpha value is -5.13. The van der Waals surface area contributed by atoms with Gasteiger partial charge in [-0.3, -0.25) is 14.7 Å².